The molecule has 98 valence electrons. The highest BCUT2D eigenvalue weighted by Crippen LogP contribution is 2.29. The molecule has 0 unspecified atom stereocenters. The van der Waals surface area contributed by atoms with E-state index >= 15 is 0 Å². The minimum Gasteiger partial charge on any atom is -0.497 e. The van der Waals surface area contributed by atoms with E-state index in [4.69, 9.17) is 19.2 Å². The van der Waals surface area contributed by atoms with Gasteiger partial charge in [0.1, 0.15) is 23.3 Å². The Kier molecular flexibility index (Phi) is 3.94. The summed E-state index contributed by atoms with van der Waals surface area (Å²) in [4.78, 5) is 0. The van der Waals surface area contributed by atoms with Crippen LogP contribution in [0.2, 0.25) is 0 Å². The van der Waals surface area contributed by atoms with Gasteiger partial charge in [0.2, 0.25) is 5.76 Å². The molecule has 5 heteroatoms. The topological polar surface area (TPSA) is 67.4 Å². The fourth-order valence-electron chi connectivity index (χ4n) is 1.66. The number of hydrogen-bond acceptors (Lipinski definition) is 5. The second-order valence-corrected chi connectivity index (χ2v) is 3.80. The number of nitriles is 1. The van der Waals surface area contributed by atoms with E-state index in [0.717, 1.165) is 11.4 Å². The molecule has 0 atom stereocenters. The van der Waals surface area contributed by atoms with Crippen molar-refractivity contribution in [2.45, 2.75) is 6.54 Å². The summed E-state index contributed by atoms with van der Waals surface area (Å²) in [6.45, 7) is 0.477. The van der Waals surface area contributed by atoms with Gasteiger partial charge in [0.05, 0.1) is 26.5 Å². The quantitative estimate of drug-likeness (QED) is 0.893. The first-order chi connectivity index (χ1) is 9.26. The molecular formula is C14H14N2O3. The third-order valence-electron chi connectivity index (χ3n) is 2.63. The lowest BCUT2D eigenvalue weighted by molar-refractivity contribution is 0.395. The Morgan fingerprint density at radius 3 is 2.68 bits per heavy atom. The molecule has 0 amide bonds. The van der Waals surface area contributed by atoms with Crippen molar-refractivity contribution in [1.29, 1.82) is 5.26 Å². The Balaban J connectivity index is 2.08. The highest BCUT2D eigenvalue weighted by molar-refractivity contribution is 5.59. The Morgan fingerprint density at radius 1 is 1.21 bits per heavy atom. The van der Waals surface area contributed by atoms with Crippen molar-refractivity contribution in [3.05, 3.63) is 41.9 Å². The van der Waals surface area contributed by atoms with Gasteiger partial charge < -0.3 is 19.2 Å². The first-order valence-corrected chi connectivity index (χ1v) is 5.71. The van der Waals surface area contributed by atoms with Gasteiger partial charge in [-0.1, -0.05) is 0 Å². The van der Waals surface area contributed by atoms with E-state index < -0.39 is 0 Å². The Morgan fingerprint density at radius 2 is 2.05 bits per heavy atom. The maximum absolute atomic E-state index is 8.68. The van der Waals surface area contributed by atoms with E-state index in [1.165, 1.54) is 0 Å². The molecule has 0 bridgehead atoms. The number of methoxy groups -OCH3 is 2. The third kappa shape index (κ3) is 2.99. The highest BCUT2D eigenvalue weighted by Gasteiger charge is 2.06. The summed E-state index contributed by atoms with van der Waals surface area (Å²) in [7, 11) is 3.20. The third-order valence-corrected chi connectivity index (χ3v) is 2.63. The average Bonchev–Trinajstić information content (AvgIpc) is 2.92. The van der Waals surface area contributed by atoms with Crippen molar-refractivity contribution in [3.63, 3.8) is 0 Å². The number of nitrogens with zero attached hydrogens (tertiary/aromatic N) is 1. The van der Waals surface area contributed by atoms with Crippen LogP contribution in [-0.2, 0) is 6.54 Å². The molecule has 1 aromatic heterocycles. The minimum atomic E-state index is 0.304. The molecule has 0 saturated heterocycles. The van der Waals surface area contributed by atoms with Crippen LogP contribution in [0, 0.1) is 11.3 Å². The van der Waals surface area contributed by atoms with Crippen molar-refractivity contribution >= 4 is 5.69 Å². The van der Waals surface area contributed by atoms with Gasteiger partial charge in [0.25, 0.3) is 0 Å². The van der Waals surface area contributed by atoms with Gasteiger partial charge in [-0.05, 0) is 24.3 Å². The normalized spacial score (nSPS) is 9.74. The lowest BCUT2D eigenvalue weighted by atomic mass is 10.2. The van der Waals surface area contributed by atoms with Crippen molar-refractivity contribution < 1.29 is 13.9 Å². The molecule has 5 nitrogen and oxygen atoms in total. The molecule has 19 heavy (non-hydrogen) atoms. The number of nitrogens with one attached hydrogen (secondary N) is 1. The zero-order chi connectivity index (χ0) is 13.7. The Hall–Kier alpha value is -2.61. The fraction of sp³-hybridized carbons (Fsp3) is 0.214. The number of furan rings is 1. The SMILES string of the molecule is COc1ccc(NCc2ccc(C#N)o2)c(OC)c1. The van der Waals surface area contributed by atoms with Gasteiger partial charge in [-0.15, -0.1) is 0 Å². The van der Waals surface area contributed by atoms with E-state index in [9.17, 15) is 0 Å². The second kappa shape index (κ2) is 5.83. The highest BCUT2D eigenvalue weighted by atomic mass is 16.5. The van der Waals surface area contributed by atoms with E-state index in [0.29, 0.717) is 23.8 Å². The summed E-state index contributed by atoms with van der Waals surface area (Å²) in [5.74, 6) is 2.41. The first kappa shape index (κ1) is 12.8. The van der Waals surface area contributed by atoms with Crippen LogP contribution in [0.4, 0.5) is 5.69 Å². The largest absolute Gasteiger partial charge is 0.497 e. The van der Waals surface area contributed by atoms with Crippen LogP contribution in [-0.4, -0.2) is 14.2 Å². The van der Waals surface area contributed by atoms with Crippen LogP contribution in [0.5, 0.6) is 11.5 Å². The zero-order valence-electron chi connectivity index (χ0n) is 10.8. The smallest absolute Gasteiger partial charge is 0.203 e. The lowest BCUT2D eigenvalue weighted by Crippen LogP contribution is -2.00. The van der Waals surface area contributed by atoms with Crippen LogP contribution >= 0.6 is 0 Å². The standard InChI is InChI=1S/C14H14N2O3/c1-17-10-5-6-13(14(7-10)18-2)16-9-12-4-3-11(8-15)19-12/h3-7,16H,9H2,1-2H3. The molecule has 0 radical (unpaired) electrons. The number of rotatable bonds is 5. The summed E-state index contributed by atoms with van der Waals surface area (Å²) in [5, 5.41) is 11.9. The van der Waals surface area contributed by atoms with Crippen LogP contribution < -0.4 is 14.8 Å². The molecule has 1 N–H and O–H groups in total. The second-order valence-electron chi connectivity index (χ2n) is 3.80. The van der Waals surface area contributed by atoms with Gasteiger partial charge in [-0.3, -0.25) is 0 Å². The van der Waals surface area contributed by atoms with Crippen LogP contribution in [0.15, 0.2) is 34.7 Å². The molecule has 0 saturated carbocycles. The van der Waals surface area contributed by atoms with Gasteiger partial charge in [-0.2, -0.15) is 5.26 Å². The molecule has 1 heterocycles. The molecular weight excluding hydrogens is 244 g/mol. The van der Waals surface area contributed by atoms with Crippen LogP contribution in [0.25, 0.3) is 0 Å². The summed E-state index contributed by atoms with van der Waals surface area (Å²) in [5.41, 5.74) is 0.832. The predicted octanol–water partition coefficient (Wildman–Crippen LogP) is 2.78. The van der Waals surface area contributed by atoms with Gasteiger partial charge >= 0.3 is 0 Å². The van der Waals surface area contributed by atoms with E-state index in [-0.39, 0.29) is 0 Å². The Labute approximate surface area is 111 Å². The summed E-state index contributed by atoms with van der Waals surface area (Å²) in [6, 6.07) is 10.9. The Bertz CT molecular complexity index is 599. The maximum atomic E-state index is 8.68. The van der Waals surface area contributed by atoms with E-state index in [2.05, 4.69) is 5.32 Å². The van der Waals surface area contributed by atoms with Gasteiger partial charge in [0.15, 0.2) is 0 Å². The van der Waals surface area contributed by atoms with Crippen LogP contribution in [0.1, 0.15) is 11.5 Å². The molecule has 0 aliphatic heterocycles. The first-order valence-electron chi connectivity index (χ1n) is 5.71. The summed E-state index contributed by atoms with van der Waals surface area (Å²) in [6.07, 6.45) is 0. The number of hydrogen-bond donors (Lipinski definition) is 1. The molecule has 0 aliphatic carbocycles. The number of anilines is 1. The fourth-order valence-corrected chi connectivity index (χ4v) is 1.66. The maximum Gasteiger partial charge on any atom is 0.203 e. The van der Waals surface area contributed by atoms with Crippen molar-refractivity contribution in [2.75, 3.05) is 19.5 Å². The lowest BCUT2D eigenvalue weighted by Gasteiger charge is -2.11. The molecule has 0 fully saturated rings. The van der Waals surface area contributed by atoms with Crippen molar-refractivity contribution in [3.8, 4) is 17.6 Å². The van der Waals surface area contributed by atoms with E-state index in [1.54, 1.807) is 32.4 Å². The average molecular weight is 258 g/mol. The zero-order valence-corrected chi connectivity index (χ0v) is 10.8. The summed E-state index contributed by atoms with van der Waals surface area (Å²) < 4.78 is 15.7. The van der Waals surface area contributed by atoms with Crippen molar-refractivity contribution in [1.82, 2.24) is 0 Å². The summed E-state index contributed by atoms with van der Waals surface area (Å²) >= 11 is 0. The molecule has 0 aliphatic rings. The molecule has 1 aromatic carbocycles. The molecule has 2 aromatic rings. The van der Waals surface area contributed by atoms with E-state index in [1.807, 2.05) is 18.2 Å². The number of benzene rings is 1. The van der Waals surface area contributed by atoms with Crippen molar-refractivity contribution in [2.24, 2.45) is 0 Å². The minimum absolute atomic E-state index is 0.304. The van der Waals surface area contributed by atoms with Gasteiger partial charge in [-0.25, -0.2) is 0 Å². The molecule has 2 rings (SSSR count). The number of ether oxygens (including phenoxy) is 2. The predicted molar refractivity (Wildman–Crippen MR) is 70.3 cm³/mol. The van der Waals surface area contributed by atoms with Gasteiger partial charge in [0, 0.05) is 6.07 Å². The monoisotopic (exact) mass is 258 g/mol. The molecule has 0 spiro atoms. The van der Waals surface area contributed by atoms with Crippen LogP contribution in [0.3, 0.4) is 0 Å².